The summed E-state index contributed by atoms with van der Waals surface area (Å²) < 4.78 is 11.9. The van der Waals surface area contributed by atoms with Crippen LogP contribution in [-0.2, 0) is 4.79 Å². The van der Waals surface area contributed by atoms with Gasteiger partial charge in [-0.15, -0.1) is 0 Å². The number of piperazine rings is 1. The van der Waals surface area contributed by atoms with E-state index in [0.29, 0.717) is 17.3 Å². The number of halogens is 1. The van der Waals surface area contributed by atoms with Crippen LogP contribution in [0.2, 0.25) is 5.02 Å². The summed E-state index contributed by atoms with van der Waals surface area (Å²) in [5.74, 6) is 1.36. The lowest BCUT2D eigenvalue weighted by molar-refractivity contribution is -0.123. The van der Waals surface area contributed by atoms with Gasteiger partial charge in [0.25, 0.3) is 5.91 Å². The van der Waals surface area contributed by atoms with E-state index >= 15 is 0 Å². The third-order valence-corrected chi connectivity index (χ3v) is 6.49. The van der Waals surface area contributed by atoms with Crippen molar-refractivity contribution < 1.29 is 14.3 Å². The normalized spacial score (nSPS) is 14.6. The van der Waals surface area contributed by atoms with Crippen molar-refractivity contribution in [2.75, 3.05) is 57.9 Å². The Morgan fingerprint density at radius 3 is 2.61 bits per heavy atom. The molecule has 1 N–H and O–H groups in total. The summed E-state index contributed by atoms with van der Waals surface area (Å²) in [6.45, 7) is 5.14. The van der Waals surface area contributed by atoms with Crippen molar-refractivity contribution in [1.29, 1.82) is 0 Å². The van der Waals surface area contributed by atoms with Crippen molar-refractivity contribution in [2.24, 2.45) is 0 Å². The topological polar surface area (TPSA) is 66.9 Å². The molecule has 0 radical (unpaired) electrons. The Bertz CT molecular complexity index is 1020. The van der Waals surface area contributed by atoms with Gasteiger partial charge >= 0.3 is 0 Å². The van der Waals surface area contributed by atoms with Gasteiger partial charge in [0.05, 0.1) is 17.3 Å². The Balaban J connectivity index is 1.17. The highest BCUT2D eigenvalue weighted by molar-refractivity contribution is 7.22. The Kier molecular flexibility index (Phi) is 7.11. The highest BCUT2D eigenvalue weighted by Crippen LogP contribution is 2.31. The molecule has 0 atom stereocenters. The smallest absolute Gasteiger partial charge is 0.257 e. The number of aromatic nitrogens is 1. The number of carbonyl (C=O) groups is 1. The first-order valence-corrected chi connectivity index (χ1v) is 11.4. The molecular weight excluding hydrogens is 436 g/mol. The zero-order valence-electron chi connectivity index (χ0n) is 17.3. The Morgan fingerprint density at radius 2 is 1.87 bits per heavy atom. The molecule has 3 aromatic rings. The lowest BCUT2D eigenvalue weighted by Crippen LogP contribution is -2.48. The zero-order chi connectivity index (χ0) is 21.6. The van der Waals surface area contributed by atoms with Crippen LogP contribution in [-0.4, -0.2) is 68.8 Å². The number of hydrogen-bond acceptors (Lipinski definition) is 7. The lowest BCUT2D eigenvalue weighted by atomic mass is 10.3. The van der Waals surface area contributed by atoms with Crippen molar-refractivity contribution in [3.63, 3.8) is 0 Å². The monoisotopic (exact) mass is 460 g/mol. The lowest BCUT2D eigenvalue weighted by Gasteiger charge is -2.34. The molecule has 7 nitrogen and oxygen atoms in total. The van der Waals surface area contributed by atoms with Crippen LogP contribution in [0, 0.1) is 0 Å². The minimum Gasteiger partial charge on any atom is -0.497 e. The van der Waals surface area contributed by atoms with Crippen LogP contribution in [0.25, 0.3) is 10.2 Å². The molecule has 1 fully saturated rings. The summed E-state index contributed by atoms with van der Waals surface area (Å²) in [5, 5.41) is 4.61. The van der Waals surface area contributed by atoms with E-state index in [9.17, 15) is 4.79 Å². The minimum atomic E-state index is -0.126. The number of fused-ring (bicyclic) bond motifs is 1. The van der Waals surface area contributed by atoms with Crippen molar-refractivity contribution in [1.82, 2.24) is 15.2 Å². The molecule has 1 saturated heterocycles. The molecule has 1 aliphatic rings. The number of nitrogens with zero attached hydrogens (tertiary/aromatic N) is 3. The Morgan fingerprint density at radius 1 is 1.13 bits per heavy atom. The van der Waals surface area contributed by atoms with Crippen LogP contribution in [0.15, 0.2) is 42.5 Å². The van der Waals surface area contributed by atoms with Gasteiger partial charge < -0.3 is 19.7 Å². The van der Waals surface area contributed by atoms with E-state index < -0.39 is 0 Å². The predicted octanol–water partition coefficient (Wildman–Crippen LogP) is 3.28. The number of ether oxygens (including phenoxy) is 2. The molecule has 4 rings (SSSR count). The molecule has 0 saturated carbocycles. The number of nitrogens with one attached hydrogen (secondary N) is 1. The highest BCUT2D eigenvalue weighted by Gasteiger charge is 2.20. The van der Waals surface area contributed by atoms with Crippen molar-refractivity contribution in [3.05, 3.63) is 47.5 Å². The van der Waals surface area contributed by atoms with E-state index in [4.69, 9.17) is 26.1 Å². The van der Waals surface area contributed by atoms with Gasteiger partial charge in [-0.3, -0.25) is 9.69 Å². The van der Waals surface area contributed by atoms with Crippen LogP contribution in [0.1, 0.15) is 0 Å². The third kappa shape index (κ3) is 5.78. The molecule has 0 aliphatic carbocycles. The number of anilines is 1. The fourth-order valence-electron chi connectivity index (χ4n) is 3.40. The van der Waals surface area contributed by atoms with E-state index in [0.717, 1.165) is 53.8 Å². The SMILES string of the molecule is COc1ccc2nc(N3CCN(CCNC(=O)COc4ccc(Cl)cc4)CC3)sc2c1. The molecule has 0 bridgehead atoms. The van der Waals surface area contributed by atoms with Crippen LogP contribution in [0.3, 0.4) is 0 Å². The fraction of sp³-hybridized carbons (Fsp3) is 0.364. The number of benzene rings is 2. The zero-order valence-corrected chi connectivity index (χ0v) is 18.9. The maximum atomic E-state index is 12.0. The summed E-state index contributed by atoms with van der Waals surface area (Å²) in [5.41, 5.74) is 1.01. The van der Waals surface area contributed by atoms with Gasteiger partial charge in [0.1, 0.15) is 11.5 Å². The number of rotatable bonds is 8. The van der Waals surface area contributed by atoms with Gasteiger partial charge in [0.2, 0.25) is 0 Å². The average molecular weight is 461 g/mol. The summed E-state index contributed by atoms with van der Waals surface area (Å²) in [6.07, 6.45) is 0. The van der Waals surface area contributed by atoms with E-state index in [1.807, 2.05) is 18.2 Å². The van der Waals surface area contributed by atoms with Gasteiger partial charge in [-0.1, -0.05) is 22.9 Å². The Hall–Kier alpha value is -2.55. The second-order valence-corrected chi connectivity index (χ2v) is 8.70. The quantitative estimate of drug-likeness (QED) is 0.556. The molecular formula is C22H25ClN4O3S. The maximum Gasteiger partial charge on any atom is 0.257 e. The molecule has 0 spiro atoms. The van der Waals surface area contributed by atoms with E-state index in [2.05, 4.69) is 15.1 Å². The van der Waals surface area contributed by atoms with E-state index in [1.54, 1.807) is 42.7 Å². The second kappa shape index (κ2) is 10.2. The molecule has 31 heavy (non-hydrogen) atoms. The van der Waals surface area contributed by atoms with Gasteiger partial charge in [0, 0.05) is 44.3 Å². The average Bonchev–Trinajstić information content (AvgIpc) is 3.22. The summed E-state index contributed by atoms with van der Waals surface area (Å²) in [7, 11) is 1.68. The molecule has 1 aromatic heterocycles. The largest absolute Gasteiger partial charge is 0.497 e. The number of methoxy groups -OCH3 is 1. The van der Waals surface area contributed by atoms with Crippen LogP contribution < -0.4 is 19.7 Å². The van der Waals surface area contributed by atoms with Crippen LogP contribution in [0.5, 0.6) is 11.5 Å². The number of amides is 1. The molecule has 2 aromatic carbocycles. The standard InChI is InChI=1S/C22H25ClN4O3S/c1-29-18-6-7-19-20(14-18)31-22(25-19)27-12-10-26(11-13-27)9-8-24-21(28)15-30-17-4-2-16(23)3-5-17/h2-7,14H,8-13,15H2,1H3,(H,24,28). The second-order valence-electron chi connectivity index (χ2n) is 7.25. The number of carbonyl (C=O) groups excluding carboxylic acids is 1. The molecule has 9 heteroatoms. The van der Waals surface area contributed by atoms with Crippen LogP contribution >= 0.6 is 22.9 Å². The first kappa shape index (κ1) is 21.7. The van der Waals surface area contributed by atoms with E-state index in [-0.39, 0.29) is 12.5 Å². The first-order chi connectivity index (χ1) is 15.1. The first-order valence-electron chi connectivity index (χ1n) is 10.2. The van der Waals surface area contributed by atoms with Gasteiger partial charge in [-0.05, 0) is 42.5 Å². The maximum absolute atomic E-state index is 12.0. The highest BCUT2D eigenvalue weighted by atomic mass is 35.5. The van der Waals surface area contributed by atoms with Crippen molar-refractivity contribution >= 4 is 44.2 Å². The van der Waals surface area contributed by atoms with Gasteiger partial charge in [-0.25, -0.2) is 4.98 Å². The molecule has 2 heterocycles. The third-order valence-electron chi connectivity index (χ3n) is 5.16. The summed E-state index contributed by atoms with van der Waals surface area (Å²) >= 11 is 7.54. The number of thiazole rings is 1. The number of hydrogen-bond donors (Lipinski definition) is 1. The molecule has 164 valence electrons. The van der Waals surface area contributed by atoms with E-state index in [1.165, 1.54) is 0 Å². The van der Waals surface area contributed by atoms with Gasteiger partial charge in [0.15, 0.2) is 11.7 Å². The molecule has 1 aliphatic heterocycles. The van der Waals surface area contributed by atoms with Crippen LogP contribution in [0.4, 0.5) is 5.13 Å². The summed E-state index contributed by atoms with van der Waals surface area (Å²) in [6, 6.07) is 12.9. The van der Waals surface area contributed by atoms with Crippen molar-refractivity contribution in [2.45, 2.75) is 0 Å². The predicted molar refractivity (Wildman–Crippen MR) is 125 cm³/mol. The fourth-order valence-corrected chi connectivity index (χ4v) is 4.57. The van der Waals surface area contributed by atoms with Gasteiger partial charge in [-0.2, -0.15) is 0 Å². The molecule has 0 unspecified atom stereocenters. The minimum absolute atomic E-state index is 0.00218. The van der Waals surface area contributed by atoms with Crippen molar-refractivity contribution in [3.8, 4) is 11.5 Å². The summed E-state index contributed by atoms with van der Waals surface area (Å²) in [4.78, 5) is 21.4. The molecule has 1 amide bonds. The Labute approximate surface area is 190 Å².